The summed E-state index contributed by atoms with van der Waals surface area (Å²) in [4.78, 5) is 40.2. The SMILES string of the molecule is Cc1cccc(F)c1-n1c(C)cc2c(=O)[nH]c(=O)[nH]c2c1=O. The van der Waals surface area contributed by atoms with Crippen molar-refractivity contribution in [3.05, 3.63) is 72.5 Å². The third-order valence-electron chi connectivity index (χ3n) is 3.51. The Balaban J connectivity index is 2.55. The Morgan fingerprint density at radius 2 is 1.82 bits per heavy atom. The second-order valence-electron chi connectivity index (χ2n) is 5.03. The number of pyridine rings is 1. The van der Waals surface area contributed by atoms with E-state index in [1.54, 1.807) is 26.0 Å². The molecule has 0 amide bonds. The number of aromatic amines is 2. The number of aromatic nitrogens is 3. The summed E-state index contributed by atoms with van der Waals surface area (Å²) in [7, 11) is 0. The first-order valence-electron chi connectivity index (χ1n) is 6.54. The summed E-state index contributed by atoms with van der Waals surface area (Å²) in [5.41, 5.74) is -1.17. The first kappa shape index (κ1) is 14.0. The van der Waals surface area contributed by atoms with Crippen LogP contribution in [0.1, 0.15) is 11.3 Å². The minimum Gasteiger partial charge on any atom is -0.302 e. The predicted molar refractivity (Wildman–Crippen MR) is 80.2 cm³/mol. The van der Waals surface area contributed by atoms with E-state index in [4.69, 9.17) is 0 Å². The van der Waals surface area contributed by atoms with Gasteiger partial charge in [0.1, 0.15) is 11.3 Å². The molecule has 0 aliphatic heterocycles. The molecule has 0 spiro atoms. The van der Waals surface area contributed by atoms with Crippen LogP contribution in [0.25, 0.3) is 16.6 Å². The van der Waals surface area contributed by atoms with Gasteiger partial charge in [-0.05, 0) is 31.5 Å². The molecule has 3 rings (SSSR count). The van der Waals surface area contributed by atoms with E-state index >= 15 is 0 Å². The number of nitrogens with zero attached hydrogens (tertiary/aromatic N) is 1. The summed E-state index contributed by atoms with van der Waals surface area (Å²) in [6, 6.07) is 5.91. The molecule has 0 radical (unpaired) electrons. The van der Waals surface area contributed by atoms with Crippen molar-refractivity contribution >= 4 is 10.9 Å². The highest BCUT2D eigenvalue weighted by Gasteiger charge is 2.16. The van der Waals surface area contributed by atoms with E-state index in [1.165, 1.54) is 12.1 Å². The second-order valence-corrected chi connectivity index (χ2v) is 5.03. The van der Waals surface area contributed by atoms with Crippen LogP contribution in [0, 0.1) is 19.7 Å². The maximum Gasteiger partial charge on any atom is 0.326 e. The molecule has 2 N–H and O–H groups in total. The topological polar surface area (TPSA) is 87.7 Å². The smallest absolute Gasteiger partial charge is 0.302 e. The number of nitrogens with one attached hydrogen (secondary N) is 2. The number of benzene rings is 1. The van der Waals surface area contributed by atoms with Crippen LogP contribution in [0.15, 0.2) is 38.6 Å². The Morgan fingerprint density at radius 3 is 2.50 bits per heavy atom. The number of rotatable bonds is 1. The first-order chi connectivity index (χ1) is 10.4. The largest absolute Gasteiger partial charge is 0.326 e. The Hall–Kier alpha value is -2.96. The molecule has 2 aromatic heterocycles. The number of aryl methyl sites for hydroxylation is 2. The highest BCUT2D eigenvalue weighted by atomic mass is 19.1. The van der Waals surface area contributed by atoms with Crippen molar-refractivity contribution in [3.63, 3.8) is 0 Å². The van der Waals surface area contributed by atoms with Crippen LogP contribution in [0.5, 0.6) is 0 Å². The van der Waals surface area contributed by atoms with Gasteiger partial charge in [0.05, 0.1) is 11.1 Å². The summed E-state index contributed by atoms with van der Waals surface area (Å²) in [5, 5.41) is 0.0624. The molecule has 6 nitrogen and oxygen atoms in total. The van der Waals surface area contributed by atoms with Crippen LogP contribution in [-0.4, -0.2) is 14.5 Å². The molecular weight excluding hydrogens is 289 g/mol. The van der Waals surface area contributed by atoms with Crippen LogP contribution in [0.4, 0.5) is 4.39 Å². The van der Waals surface area contributed by atoms with E-state index in [0.717, 1.165) is 4.57 Å². The van der Waals surface area contributed by atoms with Crippen molar-refractivity contribution in [2.75, 3.05) is 0 Å². The maximum absolute atomic E-state index is 14.2. The molecule has 22 heavy (non-hydrogen) atoms. The predicted octanol–water partition coefficient (Wildman–Crippen LogP) is 1.12. The number of halogens is 1. The van der Waals surface area contributed by atoms with E-state index in [9.17, 15) is 18.8 Å². The first-order valence-corrected chi connectivity index (χ1v) is 6.54. The van der Waals surface area contributed by atoms with E-state index in [-0.39, 0.29) is 16.6 Å². The fourth-order valence-electron chi connectivity index (χ4n) is 2.53. The lowest BCUT2D eigenvalue weighted by atomic mass is 10.1. The van der Waals surface area contributed by atoms with E-state index in [1.807, 2.05) is 0 Å². The standard InChI is InChI=1S/C15H12FN3O3/c1-7-4-3-5-10(16)12(7)19-8(2)6-9-11(14(19)21)17-15(22)18-13(9)20/h3-6H,1-2H3,(H2,17,18,20,22). The lowest BCUT2D eigenvalue weighted by molar-refractivity contribution is 0.613. The monoisotopic (exact) mass is 301 g/mol. The number of hydrogen-bond donors (Lipinski definition) is 2. The molecular formula is C15H12FN3O3. The van der Waals surface area contributed by atoms with Gasteiger partial charge >= 0.3 is 5.69 Å². The number of para-hydroxylation sites is 1. The Labute approximate surface area is 122 Å². The molecule has 7 heteroatoms. The van der Waals surface area contributed by atoms with Crippen LogP contribution in [-0.2, 0) is 0 Å². The molecule has 112 valence electrons. The van der Waals surface area contributed by atoms with Gasteiger partial charge in [0.25, 0.3) is 11.1 Å². The molecule has 0 unspecified atom stereocenters. The molecule has 0 aliphatic rings. The average molecular weight is 301 g/mol. The quantitative estimate of drug-likeness (QED) is 0.706. The van der Waals surface area contributed by atoms with E-state index in [0.29, 0.717) is 11.3 Å². The van der Waals surface area contributed by atoms with Crippen LogP contribution < -0.4 is 16.8 Å². The Morgan fingerprint density at radius 1 is 1.09 bits per heavy atom. The summed E-state index contributed by atoms with van der Waals surface area (Å²) in [5.74, 6) is -0.559. The summed E-state index contributed by atoms with van der Waals surface area (Å²) < 4.78 is 15.3. The third kappa shape index (κ3) is 1.98. The fourth-order valence-corrected chi connectivity index (χ4v) is 2.53. The fraction of sp³-hybridized carbons (Fsp3) is 0.133. The molecule has 0 aliphatic carbocycles. The lowest BCUT2D eigenvalue weighted by Crippen LogP contribution is -2.30. The van der Waals surface area contributed by atoms with Crippen molar-refractivity contribution in [1.29, 1.82) is 0 Å². The van der Waals surface area contributed by atoms with Crippen LogP contribution in [0.2, 0.25) is 0 Å². The van der Waals surface area contributed by atoms with Gasteiger partial charge in [-0.15, -0.1) is 0 Å². The van der Waals surface area contributed by atoms with Crippen LogP contribution in [0.3, 0.4) is 0 Å². The molecule has 1 aromatic carbocycles. The second kappa shape index (κ2) is 4.80. The molecule has 0 saturated carbocycles. The summed E-state index contributed by atoms with van der Waals surface area (Å²) in [6.45, 7) is 3.27. The van der Waals surface area contributed by atoms with Gasteiger partial charge in [-0.2, -0.15) is 0 Å². The molecule has 0 fully saturated rings. The summed E-state index contributed by atoms with van der Waals surface area (Å²) in [6.07, 6.45) is 0. The zero-order chi connectivity index (χ0) is 16.0. The van der Waals surface area contributed by atoms with Crippen molar-refractivity contribution in [3.8, 4) is 5.69 Å². The normalized spacial score (nSPS) is 11.0. The lowest BCUT2D eigenvalue weighted by Gasteiger charge is -2.14. The van der Waals surface area contributed by atoms with Crippen molar-refractivity contribution < 1.29 is 4.39 Å². The van der Waals surface area contributed by atoms with Gasteiger partial charge in [-0.25, -0.2) is 9.18 Å². The number of hydrogen-bond acceptors (Lipinski definition) is 3. The molecule has 0 bridgehead atoms. The van der Waals surface area contributed by atoms with Gasteiger partial charge < -0.3 is 4.98 Å². The van der Waals surface area contributed by atoms with Gasteiger partial charge in [0.15, 0.2) is 0 Å². The minimum atomic E-state index is -0.782. The molecule has 0 atom stereocenters. The molecule has 0 saturated heterocycles. The zero-order valence-electron chi connectivity index (χ0n) is 11.9. The third-order valence-corrected chi connectivity index (χ3v) is 3.51. The maximum atomic E-state index is 14.2. The minimum absolute atomic E-state index is 0.0624. The number of H-pyrrole nitrogens is 2. The Bertz CT molecular complexity index is 1060. The molecule has 3 aromatic rings. The zero-order valence-corrected chi connectivity index (χ0v) is 11.9. The summed E-state index contributed by atoms with van der Waals surface area (Å²) >= 11 is 0. The number of fused-ring (bicyclic) bond motifs is 1. The Kier molecular flexibility index (Phi) is 3.05. The van der Waals surface area contributed by atoms with Crippen molar-refractivity contribution in [1.82, 2.24) is 14.5 Å². The van der Waals surface area contributed by atoms with Crippen molar-refractivity contribution in [2.24, 2.45) is 0 Å². The van der Waals surface area contributed by atoms with E-state index in [2.05, 4.69) is 9.97 Å². The van der Waals surface area contributed by atoms with Gasteiger partial charge in [-0.1, -0.05) is 12.1 Å². The van der Waals surface area contributed by atoms with Crippen LogP contribution >= 0.6 is 0 Å². The van der Waals surface area contributed by atoms with E-state index < -0.39 is 22.6 Å². The van der Waals surface area contributed by atoms with Gasteiger partial charge in [0, 0.05) is 5.69 Å². The van der Waals surface area contributed by atoms with Gasteiger partial charge in [-0.3, -0.25) is 19.1 Å². The average Bonchev–Trinajstić information content (AvgIpc) is 2.43. The van der Waals surface area contributed by atoms with Gasteiger partial charge in [0.2, 0.25) is 0 Å². The molecule has 2 heterocycles. The van der Waals surface area contributed by atoms with Crippen molar-refractivity contribution in [2.45, 2.75) is 13.8 Å². The highest BCUT2D eigenvalue weighted by Crippen LogP contribution is 2.19. The highest BCUT2D eigenvalue weighted by molar-refractivity contribution is 5.77.